The average molecular weight is 527 g/mol. The van der Waals surface area contributed by atoms with Gasteiger partial charge in [0.05, 0.1) is 10.6 Å². The fourth-order valence-corrected chi connectivity index (χ4v) is 6.21. The largest absolute Gasteiger partial charge is 0.322 e. The maximum atomic E-state index is 13.0. The van der Waals surface area contributed by atoms with Gasteiger partial charge in [-0.1, -0.05) is 59.7 Å². The summed E-state index contributed by atoms with van der Waals surface area (Å²) in [6, 6.07) is 12.8. The lowest BCUT2D eigenvalue weighted by molar-refractivity contribution is 0.206. The van der Waals surface area contributed by atoms with Crippen molar-refractivity contribution >= 4 is 38.2 Å². The number of rotatable bonds is 4. The number of nitrogens with zero attached hydrogens (tertiary/aromatic N) is 2. The molecular formula is C27H34N4O3S2. The molecule has 2 aromatic carbocycles. The molecule has 0 bridgehead atoms. The van der Waals surface area contributed by atoms with E-state index in [1.165, 1.54) is 16.9 Å². The molecule has 1 aliphatic heterocycles. The molecule has 0 aliphatic carbocycles. The first-order valence-electron chi connectivity index (χ1n) is 12.0. The Bertz CT molecular complexity index is 1370. The molecule has 0 unspecified atom stereocenters. The van der Waals surface area contributed by atoms with Gasteiger partial charge < -0.3 is 10.2 Å². The Balaban J connectivity index is 1.42. The number of benzene rings is 2. The summed E-state index contributed by atoms with van der Waals surface area (Å²) >= 11 is 1.28. The van der Waals surface area contributed by atoms with Crippen molar-refractivity contribution in [1.82, 2.24) is 9.88 Å². The van der Waals surface area contributed by atoms with Gasteiger partial charge in [0.25, 0.3) is 10.0 Å². The van der Waals surface area contributed by atoms with Crippen LogP contribution in [0, 0.1) is 0 Å². The Kier molecular flexibility index (Phi) is 6.92. The summed E-state index contributed by atoms with van der Waals surface area (Å²) in [5, 5.41) is 5.21. The van der Waals surface area contributed by atoms with Crippen LogP contribution in [0.2, 0.25) is 0 Å². The Morgan fingerprint density at radius 1 is 0.972 bits per heavy atom. The van der Waals surface area contributed by atoms with Crippen molar-refractivity contribution in [2.75, 3.05) is 16.6 Å². The molecule has 0 fully saturated rings. The molecule has 0 atom stereocenters. The van der Waals surface area contributed by atoms with Crippen LogP contribution >= 0.6 is 11.3 Å². The molecule has 4 rings (SSSR count). The third kappa shape index (κ3) is 5.90. The fourth-order valence-electron chi connectivity index (χ4n) is 3.96. The van der Waals surface area contributed by atoms with Crippen LogP contribution in [0.4, 0.5) is 15.6 Å². The number of fused-ring (bicyclic) bond motifs is 1. The molecule has 1 aromatic heterocycles. The second-order valence-corrected chi connectivity index (χ2v) is 13.8. The predicted molar refractivity (Wildman–Crippen MR) is 146 cm³/mol. The topological polar surface area (TPSA) is 91.4 Å². The molecule has 192 valence electrons. The van der Waals surface area contributed by atoms with E-state index in [1.54, 1.807) is 23.1 Å². The molecule has 3 aromatic rings. The number of amides is 2. The summed E-state index contributed by atoms with van der Waals surface area (Å²) in [6.07, 6.45) is 0.584. The van der Waals surface area contributed by atoms with E-state index in [0.29, 0.717) is 24.6 Å². The normalized spacial score (nSPS) is 14.3. The zero-order chi connectivity index (χ0) is 26.3. The van der Waals surface area contributed by atoms with Crippen molar-refractivity contribution < 1.29 is 13.2 Å². The Hall–Kier alpha value is -2.91. The van der Waals surface area contributed by atoms with Crippen molar-refractivity contribution in [1.29, 1.82) is 0 Å². The Morgan fingerprint density at radius 2 is 1.67 bits per heavy atom. The van der Waals surface area contributed by atoms with E-state index < -0.39 is 10.0 Å². The van der Waals surface area contributed by atoms with Gasteiger partial charge in [-0.25, -0.2) is 18.2 Å². The minimum absolute atomic E-state index is 0.0522. The third-order valence-electron chi connectivity index (χ3n) is 6.28. The predicted octanol–water partition coefficient (Wildman–Crippen LogP) is 6.13. The van der Waals surface area contributed by atoms with E-state index in [-0.39, 0.29) is 21.8 Å². The fraction of sp³-hybridized carbons (Fsp3) is 0.407. The van der Waals surface area contributed by atoms with Crippen LogP contribution in [-0.2, 0) is 33.8 Å². The number of anilines is 2. The first-order chi connectivity index (χ1) is 16.7. The van der Waals surface area contributed by atoms with Gasteiger partial charge in [-0.05, 0) is 52.8 Å². The third-order valence-corrected chi connectivity index (χ3v) is 8.51. The average Bonchev–Trinajstić information content (AvgIpc) is 3.26. The highest BCUT2D eigenvalue weighted by molar-refractivity contribution is 7.93. The van der Waals surface area contributed by atoms with Crippen LogP contribution in [0.15, 0.2) is 52.7 Å². The maximum Gasteiger partial charge on any atom is 0.322 e. The molecule has 1 aliphatic rings. The number of sulfonamides is 1. The quantitative estimate of drug-likeness (QED) is 0.428. The molecule has 2 heterocycles. The van der Waals surface area contributed by atoms with E-state index in [2.05, 4.69) is 35.8 Å². The number of aromatic nitrogens is 1. The monoisotopic (exact) mass is 526 g/mol. The maximum absolute atomic E-state index is 13.0. The molecule has 36 heavy (non-hydrogen) atoms. The standard InChI is InChI=1S/C27H34N4O3S2/c1-26(2,3)20-8-10-21(11-9-20)28-25(32)31-14-13-18-15-22(12-7-19(18)16-31)36(33,34)30-24-29-23(17-35-24)27(4,5)6/h7-12,15,17H,13-14,16H2,1-6H3,(H,28,32)(H,29,30). The van der Waals surface area contributed by atoms with Crippen LogP contribution in [0.3, 0.4) is 0 Å². The van der Waals surface area contributed by atoms with Gasteiger partial charge >= 0.3 is 6.03 Å². The molecule has 0 radical (unpaired) electrons. The van der Waals surface area contributed by atoms with E-state index in [4.69, 9.17) is 0 Å². The Morgan fingerprint density at radius 3 is 2.28 bits per heavy atom. The van der Waals surface area contributed by atoms with Crippen LogP contribution < -0.4 is 10.0 Å². The van der Waals surface area contributed by atoms with Crippen molar-refractivity contribution in [2.24, 2.45) is 0 Å². The molecule has 0 spiro atoms. The molecule has 2 N–H and O–H groups in total. The zero-order valence-corrected chi connectivity index (χ0v) is 23.3. The number of carbonyl (C=O) groups is 1. The summed E-state index contributed by atoms with van der Waals surface area (Å²) in [5.74, 6) is 0. The minimum Gasteiger partial charge on any atom is -0.320 e. The lowest BCUT2D eigenvalue weighted by atomic mass is 9.87. The molecule has 9 heteroatoms. The van der Waals surface area contributed by atoms with Crippen LogP contribution in [0.5, 0.6) is 0 Å². The molecule has 0 saturated heterocycles. The van der Waals surface area contributed by atoms with Gasteiger partial charge in [0.1, 0.15) is 0 Å². The number of nitrogens with one attached hydrogen (secondary N) is 2. The van der Waals surface area contributed by atoms with Gasteiger partial charge in [0, 0.05) is 29.6 Å². The molecule has 2 amide bonds. The Labute approximate surface area is 218 Å². The first-order valence-corrected chi connectivity index (χ1v) is 14.4. The van der Waals surface area contributed by atoms with E-state index in [0.717, 1.165) is 22.5 Å². The molecule has 0 saturated carbocycles. The van der Waals surface area contributed by atoms with E-state index in [1.807, 2.05) is 50.4 Å². The smallest absolute Gasteiger partial charge is 0.320 e. The molecule has 7 nitrogen and oxygen atoms in total. The highest BCUT2D eigenvalue weighted by Gasteiger charge is 2.25. The van der Waals surface area contributed by atoms with Crippen LogP contribution in [0.25, 0.3) is 0 Å². The number of urea groups is 1. The number of carbonyl (C=O) groups excluding carboxylic acids is 1. The lowest BCUT2D eigenvalue weighted by Gasteiger charge is -2.29. The van der Waals surface area contributed by atoms with Crippen LogP contribution in [-0.4, -0.2) is 30.9 Å². The summed E-state index contributed by atoms with van der Waals surface area (Å²) in [5.41, 5.74) is 4.59. The van der Waals surface area contributed by atoms with Crippen molar-refractivity contribution in [3.63, 3.8) is 0 Å². The SMILES string of the molecule is CC(C)(C)c1ccc(NC(=O)N2CCc3cc(S(=O)(=O)Nc4nc(C(C)(C)C)cs4)ccc3C2)cc1. The van der Waals surface area contributed by atoms with Crippen molar-refractivity contribution in [2.45, 2.75) is 70.2 Å². The number of thiazole rings is 1. The zero-order valence-electron chi connectivity index (χ0n) is 21.7. The highest BCUT2D eigenvalue weighted by Crippen LogP contribution is 2.29. The van der Waals surface area contributed by atoms with Gasteiger partial charge in [-0.3, -0.25) is 4.72 Å². The van der Waals surface area contributed by atoms with Gasteiger partial charge in [0.15, 0.2) is 5.13 Å². The second-order valence-electron chi connectivity index (χ2n) is 11.3. The van der Waals surface area contributed by atoms with Gasteiger partial charge in [-0.2, -0.15) is 0 Å². The number of hydrogen-bond donors (Lipinski definition) is 2. The first kappa shape index (κ1) is 26.2. The van der Waals surface area contributed by atoms with Crippen LogP contribution in [0.1, 0.15) is 63.9 Å². The second kappa shape index (κ2) is 9.52. The summed E-state index contributed by atoms with van der Waals surface area (Å²) in [7, 11) is -3.76. The van der Waals surface area contributed by atoms with Crippen molar-refractivity contribution in [3.05, 3.63) is 70.2 Å². The van der Waals surface area contributed by atoms with E-state index in [9.17, 15) is 13.2 Å². The van der Waals surface area contributed by atoms with E-state index >= 15 is 0 Å². The summed E-state index contributed by atoms with van der Waals surface area (Å²) < 4.78 is 28.6. The highest BCUT2D eigenvalue weighted by atomic mass is 32.2. The van der Waals surface area contributed by atoms with Gasteiger partial charge in [0.2, 0.25) is 0 Å². The molecular weight excluding hydrogens is 492 g/mol. The summed E-state index contributed by atoms with van der Waals surface area (Å²) in [4.78, 5) is 19.2. The summed E-state index contributed by atoms with van der Waals surface area (Å²) in [6.45, 7) is 13.5. The lowest BCUT2D eigenvalue weighted by Crippen LogP contribution is -2.39. The van der Waals surface area contributed by atoms with Gasteiger partial charge in [-0.15, -0.1) is 11.3 Å². The van der Waals surface area contributed by atoms with Crippen molar-refractivity contribution in [3.8, 4) is 0 Å². The number of hydrogen-bond acceptors (Lipinski definition) is 5. The minimum atomic E-state index is -3.76.